The molecule has 3 aromatic rings. The molecule has 4 N–H and O–H groups in total. The van der Waals surface area contributed by atoms with Gasteiger partial charge in [-0.2, -0.15) is 4.98 Å². The van der Waals surface area contributed by atoms with Gasteiger partial charge in [0, 0.05) is 29.0 Å². The zero-order valence-corrected chi connectivity index (χ0v) is 11.0. The molecule has 0 aliphatic heterocycles. The van der Waals surface area contributed by atoms with E-state index in [-0.39, 0.29) is 0 Å². The Morgan fingerprint density at radius 3 is 2.85 bits per heavy atom. The minimum Gasteiger partial charge on any atom is -0.340 e. The number of nitrogen functional groups attached to an aromatic ring is 1. The van der Waals surface area contributed by atoms with E-state index in [4.69, 9.17) is 5.84 Å². The predicted molar refractivity (Wildman–Crippen MR) is 79.6 cm³/mol. The molecule has 0 saturated carbocycles. The summed E-state index contributed by atoms with van der Waals surface area (Å²) < 4.78 is 0. The van der Waals surface area contributed by atoms with E-state index in [0.717, 1.165) is 22.3 Å². The molecule has 0 atom stereocenters. The zero-order chi connectivity index (χ0) is 13.9. The highest BCUT2D eigenvalue weighted by molar-refractivity contribution is 5.83. The van der Waals surface area contributed by atoms with Crippen molar-refractivity contribution < 1.29 is 0 Å². The van der Waals surface area contributed by atoms with Crippen molar-refractivity contribution >= 4 is 28.4 Å². The fourth-order valence-electron chi connectivity index (χ4n) is 2.00. The molecule has 0 fully saturated rings. The van der Waals surface area contributed by atoms with Gasteiger partial charge in [-0.25, -0.2) is 10.8 Å². The number of benzene rings is 1. The predicted octanol–water partition coefficient (Wildman–Crippen LogP) is 2.36. The van der Waals surface area contributed by atoms with Gasteiger partial charge in [0.15, 0.2) is 0 Å². The largest absolute Gasteiger partial charge is 0.340 e. The van der Waals surface area contributed by atoms with E-state index in [0.29, 0.717) is 11.8 Å². The van der Waals surface area contributed by atoms with Crippen LogP contribution in [0.3, 0.4) is 0 Å². The lowest BCUT2D eigenvalue weighted by atomic mass is 10.2. The van der Waals surface area contributed by atoms with E-state index in [1.165, 1.54) is 0 Å². The van der Waals surface area contributed by atoms with E-state index in [1.54, 1.807) is 6.20 Å². The Balaban J connectivity index is 1.94. The molecule has 3 rings (SSSR count). The smallest absolute Gasteiger partial charge is 0.239 e. The topological polar surface area (TPSA) is 88.8 Å². The van der Waals surface area contributed by atoms with Crippen LogP contribution in [0.15, 0.2) is 42.6 Å². The van der Waals surface area contributed by atoms with Gasteiger partial charge in [0.2, 0.25) is 5.95 Å². The molecule has 0 unspecified atom stereocenters. The monoisotopic (exact) mass is 266 g/mol. The molecule has 20 heavy (non-hydrogen) atoms. The van der Waals surface area contributed by atoms with Crippen LogP contribution in [-0.2, 0) is 0 Å². The first kappa shape index (κ1) is 12.3. The van der Waals surface area contributed by atoms with Crippen molar-refractivity contribution in [3.8, 4) is 0 Å². The molecule has 1 aromatic carbocycles. The summed E-state index contributed by atoms with van der Waals surface area (Å²) in [6.45, 7) is 1.89. The number of anilines is 3. The normalized spacial score (nSPS) is 10.5. The number of aryl methyl sites for hydroxylation is 1. The van der Waals surface area contributed by atoms with Crippen molar-refractivity contribution in [1.29, 1.82) is 0 Å². The number of nitrogens with one attached hydrogen (secondary N) is 2. The van der Waals surface area contributed by atoms with Gasteiger partial charge in [0.25, 0.3) is 0 Å². The Hall–Kier alpha value is -2.73. The molecule has 0 radical (unpaired) electrons. The summed E-state index contributed by atoms with van der Waals surface area (Å²) in [4.78, 5) is 12.7. The Kier molecular flexibility index (Phi) is 3.14. The minimum atomic E-state index is 0.384. The van der Waals surface area contributed by atoms with Gasteiger partial charge in [-0.1, -0.05) is 6.07 Å². The quantitative estimate of drug-likeness (QED) is 0.498. The van der Waals surface area contributed by atoms with Crippen molar-refractivity contribution in [2.45, 2.75) is 6.92 Å². The maximum Gasteiger partial charge on any atom is 0.239 e. The fraction of sp³-hybridized carbons (Fsp3) is 0.0714. The Labute approximate surface area is 116 Å². The van der Waals surface area contributed by atoms with Crippen molar-refractivity contribution in [2.24, 2.45) is 5.84 Å². The van der Waals surface area contributed by atoms with Crippen LogP contribution in [0, 0.1) is 6.92 Å². The second-order valence-corrected chi connectivity index (χ2v) is 4.40. The molecule has 0 bridgehead atoms. The van der Waals surface area contributed by atoms with E-state index >= 15 is 0 Å². The Morgan fingerprint density at radius 1 is 1.10 bits per heavy atom. The van der Waals surface area contributed by atoms with Crippen LogP contribution in [0.4, 0.5) is 17.5 Å². The summed E-state index contributed by atoms with van der Waals surface area (Å²) in [7, 11) is 0. The summed E-state index contributed by atoms with van der Waals surface area (Å²) in [5.41, 5.74) is 5.18. The zero-order valence-electron chi connectivity index (χ0n) is 11.0. The third-order valence-electron chi connectivity index (χ3n) is 2.86. The van der Waals surface area contributed by atoms with Gasteiger partial charge in [-0.3, -0.25) is 10.4 Å². The summed E-state index contributed by atoms with van der Waals surface area (Å²) in [5.74, 6) is 6.42. The van der Waals surface area contributed by atoms with Crippen LogP contribution < -0.4 is 16.6 Å². The molecule has 6 nitrogen and oxygen atoms in total. The van der Waals surface area contributed by atoms with Crippen LogP contribution in [0.1, 0.15) is 5.69 Å². The number of hydrogen-bond donors (Lipinski definition) is 3. The minimum absolute atomic E-state index is 0.384. The number of rotatable bonds is 3. The lowest BCUT2D eigenvalue weighted by Gasteiger charge is -2.08. The number of pyridine rings is 1. The molecule has 2 heterocycles. The van der Waals surface area contributed by atoms with Crippen LogP contribution >= 0.6 is 0 Å². The summed E-state index contributed by atoms with van der Waals surface area (Å²) in [5, 5.41) is 4.31. The second-order valence-electron chi connectivity index (χ2n) is 4.40. The van der Waals surface area contributed by atoms with Gasteiger partial charge in [0.05, 0.1) is 5.52 Å². The van der Waals surface area contributed by atoms with Crippen LogP contribution in [-0.4, -0.2) is 15.0 Å². The molecule has 0 saturated heterocycles. The number of fused-ring (bicyclic) bond motifs is 1. The lowest BCUT2D eigenvalue weighted by molar-refractivity contribution is 1.07. The van der Waals surface area contributed by atoms with Gasteiger partial charge in [-0.15, -0.1) is 0 Å². The van der Waals surface area contributed by atoms with Crippen molar-refractivity contribution in [1.82, 2.24) is 15.0 Å². The third-order valence-corrected chi connectivity index (χ3v) is 2.86. The fourth-order valence-corrected chi connectivity index (χ4v) is 2.00. The van der Waals surface area contributed by atoms with Crippen molar-refractivity contribution in [3.63, 3.8) is 0 Å². The van der Waals surface area contributed by atoms with E-state index in [2.05, 4.69) is 25.7 Å². The molecular formula is C14H14N6. The Morgan fingerprint density at radius 2 is 2.00 bits per heavy atom. The van der Waals surface area contributed by atoms with Gasteiger partial charge >= 0.3 is 0 Å². The average Bonchev–Trinajstić information content (AvgIpc) is 2.46. The van der Waals surface area contributed by atoms with Crippen LogP contribution in [0.2, 0.25) is 0 Å². The first-order valence-corrected chi connectivity index (χ1v) is 6.19. The molecule has 0 spiro atoms. The average molecular weight is 266 g/mol. The summed E-state index contributed by atoms with van der Waals surface area (Å²) >= 11 is 0. The summed E-state index contributed by atoms with van der Waals surface area (Å²) in [6.07, 6.45) is 1.78. The third kappa shape index (κ3) is 2.50. The first-order chi connectivity index (χ1) is 9.74. The second kappa shape index (κ2) is 5.10. The van der Waals surface area contributed by atoms with E-state index in [9.17, 15) is 0 Å². The maximum absolute atomic E-state index is 5.34. The highest BCUT2D eigenvalue weighted by Gasteiger charge is 2.02. The molecule has 2 aromatic heterocycles. The van der Waals surface area contributed by atoms with Crippen LogP contribution in [0.25, 0.3) is 10.9 Å². The highest BCUT2D eigenvalue weighted by Crippen LogP contribution is 2.21. The Bertz CT molecular complexity index is 755. The number of aromatic nitrogens is 3. The first-order valence-electron chi connectivity index (χ1n) is 6.19. The number of nitrogens with two attached hydrogens (primary N) is 1. The highest BCUT2D eigenvalue weighted by atomic mass is 15.3. The SMILES string of the molecule is Cc1cc(Nc2ccc3ncccc3c2)nc(NN)n1. The van der Waals surface area contributed by atoms with E-state index in [1.807, 2.05) is 43.3 Å². The maximum atomic E-state index is 5.34. The molecule has 100 valence electrons. The molecular weight excluding hydrogens is 252 g/mol. The van der Waals surface area contributed by atoms with Crippen molar-refractivity contribution in [2.75, 3.05) is 10.7 Å². The number of hydrogen-bond acceptors (Lipinski definition) is 6. The molecule has 0 amide bonds. The summed E-state index contributed by atoms with van der Waals surface area (Å²) in [6, 6.07) is 11.7. The van der Waals surface area contributed by atoms with Crippen molar-refractivity contribution in [3.05, 3.63) is 48.3 Å². The number of hydrazine groups is 1. The molecule has 0 aliphatic rings. The standard InChI is InChI=1S/C14H14N6/c1-9-7-13(19-14(17-9)20-15)18-11-4-5-12-10(8-11)3-2-6-16-12/h2-8H,15H2,1H3,(H2,17,18,19,20). The van der Waals surface area contributed by atoms with Gasteiger partial charge < -0.3 is 5.32 Å². The molecule has 0 aliphatic carbocycles. The lowest BCUT2D eigenvalue weighted by Crippen LogP contribution is -2.11. The molecule has 6 heteroatoms. The number of nitrogens with zero attached hydrogens (tertiary/aromatic N) is 3. The van der Waals surface area contributed by atoms with Gasteiger partial charge in [0.1, 0.15) is 5.82 Å². The van der Waals surface area contributed by atoms with Crippen LogP contribution in [0.5, 0.6) is 0 Å². The van der Waals surface area contributed by atoms with Gasteiger partial charge in [-0.05, 0) is 31.2 Å². The van der Waals surface area contributed by atoms with E-state index < -0.39 is 0 Å².